The van der Waals surface area contributed by atoms with E-state index >= 15 is 0 Å². The number of hydrogen-bond donors (Lipinski definition) is 2. The van der Waals surface area contributed by atoms with Crippen LogP contribution in [0, 0.1) is 5.92 Å². The number of para-hydroxylation sites is 1. The minimum Gasteiger partial charge on any atom is -0.328 e. The second-order valence-electron chi connectivity index (χ2n) is 5.57. The van der Waals surface area contributed by atoms with E-state index in [4.69, 9.17) is 5.73 Å². The molecule has 0 radical (unpaired) electrons. The van der Waals surface area contributed by atoms with Crippen molar-refractivity contribution in [1.29, 1.82) is 0 Å². The average Bonchev–Trinajstić information content (AvgIpc) is 3.08. The molecule has 3 N–H and O–H groups in total. The molecule has 1 amide bonds. The van der Waals surface area contributed by atoms with Gasteiger partial charge in [-0.25, -0.2) is 0 Å². The summed E-state index contributed by atoms with van der Waals surface area (Å²) in [7, 11) is 1.88. The van der Waals surface area contributed by atoms with Crippen molar-refractivity contribution in [3.05, 3.63) is 30.6 Å². The van der Waals surface area contributed by atoms with Gasteiger partial charge in [0, 0.05) is 24.6 Å². The Balaban J connectivity index is 1.83. The third-order valence-corrected chi connectivity index (χ3v) is 3.98. The molecular formula is C15H19N5O. The molecule has 2 atom stereocenters. The summed E-state index contributed by atoms with van der Waals surface area (Å²) in [5.41, 5.74) is 7.51. The Hall–Kier alpha value is -2.21. The van der Waals surface area contributed by atoms with Crippen molar-refractivity contribution in [3.63, 3.8) is 0 Å². The molecule has 1 aromatic heterocycles. The van der Waals surface area contributed by atoms with E-state index in [1.54, 1.807) is 6.33 Å². The van der Waals surface area contributed by atoms with Crippen LogP contribution in [0.15, 0.2) is 30.6 Å². The van der Waals surface area contributed by atoms with E-state index < -0.39 is 0 Å². The molecule has 1 saturated carbocycles. The van der Waals surface area contributed by atoms with E-state index in [1.165, 1.54) is 0 Å². The quantitative estimate of drug-likeness (QED) is 0.896. The largest absolute Gasteiger partial charge is 0.328 e. The molecule has 3 rings (SSSR count). The van der Waals surface area contributed by atoms with Crippen LogP contribution in [0.1, 0.15) is 19.3 Å². The van der Waals surface area contributed by atoms with Crippen LogP contribution in [0.5, 0.6) is 0 Å². The lowest BCUT2D eigenvalue weighted by Crippen LogP contribution is -2.23. The second kappa shape index (κ2) is 5.65. The summed E-state index contributed by atoms with van der Waals surface area (Å²) < 4.78 is 1.83. The first-order valence-corrected chi connectivity index (χ1v) is 7.15. The lowest BCUT2D eigenvalue weighted by atomic mass is 10.1. The van der Waals surface area contributed by atoms with Crippen LogP contribution in [0.2, 0.25) is 0 Å². The number of benzene rings is 1. The molecule has 6 nitrogen and oxygen atoms in total. The Morgan fingerprint density at radius 3 is 2.86 bits per heavy atom. The van der Waals surface area contributed by atoms with Crippen LogP contribution in [-0.2, 0) is 11.8 Å². The van der Waals surface area contributed by atoms with Gasteiger partial charge >= 0.3 is 0 Å². The maximum absolute atomic E-state index is 12.4. The first-order valence-electron chi connectivity index (χ1n) is 7.15. The lowest BCUT2D eigenvalue weighted by Gasteiger charge is -2.13. The molecule has 6 heteroatoms. The van der Waals surface area contributed by atoms with Crippen molar-refractivity contribution in [2.45, 2.75) is 25.3 Å². The van der Waals surface area contributed by atoms with Crippen molar-refractivity contribution < 1.29 is 4.79 Å². The molecule has 0 spiro atoms. The normalized spacial score (nSPS) is 21.4. The predicted molar refractivity (Wildman–Crippen MR) is 80.4 cm³/mol. The van der Waals surface area contributed by atoms with Gasteiger partial charge in [0.2, 0.25) is 5.91 Å². The van der Waals surface area contributed by atoms with Gasteiger partial charge in [-0.2, -0.15) is 0 Å². The number of carbonyl (C=O) groups excluding carboxylic acids is 1. The molecule has 0 saturated heterocycles. The van der Waals surface area contributed by atoms with Crippen LogP contribution in [0.4, 0.5) is 5.69 Å². The summed E-state index contributed by atoms with van der Waals surface area (Å²) in [6, 6.07) is 7.78. The Labute approximate surface area is 123 Å². The minimum atomic E-state index is 0.00699. The average molecular weight is 285 g/mol. The fraction of sp³-hybridized carbons (Fsp3) is 0.400. The highest BCUT2D eigenvalue weighted by Gasteiger charge is 2.28. The number of nitrogens with two attached hydrogens (primary N) is 1. The first kappa shape index (κ1) is 13.8. The third-order valence-electron chi connectivity index (χ3n) is 3.98. The summed E-state index contributed by atoms with van der Waals surface area (Å²) >= 11 is 0. The standard InChI is InChI=1S/C15H19N5O/c1-20-9-17-19-14(20)12-4-2-3-5-13(12)18-15(21)10-6-7-11(16)8-10/h2-5,9-11H,6-8,16H2,1H3,(H,18,21). The molecule has 1 aliphatic carbocycles. The van der Waals surface area contributed by atoms with E-state index in [0.717, 1.165) is 36.3 Å². The Morgan fingerprint density at radius 1 is 1.38 bits per heavy atom. The minimum absolute atomic E-state index is 0.00699. The lowest BCUT2D eigenvalue weighted by molar-refractivity contribution is -0.119. The highest BCUT2D eigenvalue weighted by atomic mass is 16.1. The van der Waals surface area contributed by atoms with Gasteiger partial charge in [-0.15, -0.1) is 10.2 Å². The fourth-order valence-electron chi connectivity index (χ4n) is 2.80. The van der Waals surface area contributed by atoms with Gasteiger partial charge < -0.3 is 15.6 Å². The summed E-state index contributed by atoms with van der Waals surface area (Å²) in [6.07, 6.45) is 4.18. The topological polar surface area (TPSA) is 85.8 Å². The number of anilines is 1. The molecule has 0 aliphatic heterocycles. The van der Waals surface area contributed by atoms with E-state index in [0.29, 0.717) is 0 Å². The Kier molecular flexibility index (Phi) is 3.70. The van der Waals surface area contributed by atoms with Crippen LogP contribution in [-0.4, -0.2) is 26.7 Å². The van der Waals surface area contributed by atoms with Gasteiger partial charge in [-0.05, 0) is 31.4 Å². The van der Waals surface area contributed by atoms with Crippen molar-refractivity contribution >= 4 is 11.6 Å². The highest BCUT2D eigenvalue weighted by molar-refractivity contribution is 5.96. The highest BCUT2D eigenvalue weighted by Crippen LogP contribution is 2.29. The van der Waals surface area contributed by atoms with Gasteiger partial charge in [-0.1, -0.05) is 12.1 Å². The fourth-order valence-corrected chi connectivity index (χ4v) is 2.80. The molecular weight excluding hydrogens is 266 g/mol. The number of amides is 1. The zero-order valence-corrected chi connectivity index (χ0v) is 12.0. The number of hydrogen-bond acceptors (Lipinski definition) is 4. The number of aromatic nitrogens is 3. The van der Waals surface area contributed by atoms with Crippen LogP contribution < -0.4 is 11.1 Å². The molecule has 1 heterocycles. The maximum atomic E-state index is 12.4. The van der Waals surface area contributed by atoms with E-state index in [-0.39, 0.29) is 17.9 Å². The SMILES string of the molecule is Cn1cnnc1-c1ccccc1NC(=O)C1CCC(N)C1. The van der Waals surface area contributed by atoms with Gasteiger partial charge in [0.25, 0.3) is 0 Å². The van der Waals surface area contributed by atoms with Gasteiger partial charge in [0.05, 0.1) is 5.69 Å². The maximum Gasteiger partial charge on any atom is 0.227 e. The molecule has 2 unspecified atom stereocenters. The van der Waals surface area contributed by atoms with Crippen LogP contribution >= 0.6 is 0 Å². The number of nitrogens with zero attached hydrogens (tertiary/aromatic N) is 3. The van der Waals surface area contributed by atoms with Crippen LogP contribution in [0.25, 0.3) is 11.4 Å². The summed E-state index contributed by atoms with van der Waals surface area (Å²) in [5, 5.41) is 11.0. The smallest absolute Gasteiger partial charge is 0.227 e. The van der Waals surface area contributed by atoms with Crippen molar-refractivity contribution in [1.82, 2.24) is 14.8 Å². The first-order chi connectivity index (χ1) is 10.1. The second-order valence-corrected chi connectivity index (χ2v) is 5.57. The monoisotopic (exact) mass is 285 g/mol. The number of carbonyl (C=O) groups is 1. The van der Waals surface area contributed by atoms with E-state index in [1.807, 2.05) is 35.9 Å². The molecule has 21 heavy (non-hydrogen) atoms. The van der Waals surface area contributed by atoms with Crippen molar-refractivity contribution in [2.24, 2.45) is 18.7 Å². The molecule has 1 fully saturated rings. The van der Waals surface area contributed by atoms with Gasteiger partial charge in [0.1, 0.15) is 6.33 Å². The van der Waals surface area contributed by atoms with Crippen LogP contribution in [0.3, 0.4) is 0 Å². The third kappa shape index (κ3) is 2.80. The Morgan fingerprint density at radius 2 is 2.19 bits per heavy atom. The van der Waals surface area contributed by atoms with Gasteiger partial charge in [0.15, 0.2) is 5.82 Å². The molecule has 110 valence electrons. The molecule has 1 aliphatic rings. The molecule has 1 aromatic carbocycles. The zero-order chi connectivity index (χ0) is 14.8. The predicted octanol–water partition coefficient (Wildman–Crippen LogP) is 1.55. The van der Waals surface area contributed by atoms with Gasteiger partial charge in [-0.3, -0.25) is 4.79 Å². The number of aryl methyl sites for hydroxylation is 1. The molecule has 0 bridgehead atoms. The van der Waals surface area contributed by atoms with Crippen molar-refractivity contribution in [3.8, 4) is 11.4 Å². The zero-order valence-electron chi connectivity index (χ0n) is 12.0. The van der Waals surface area contributed by atoms with E-state index in [2.05, 4.69) is 15.5 Å². The summed E-state index contributed by atoms with van der Waals surface area (Å²) in [4.78, 5) is 12.4. The van der Waals surface area contributed by atoms with E-state index in [9.17, 15) is 4.79 Å². The number of rotatable bonds is 3. The summed E-state index contributed by atoms with van der Waals surface area (Å²) in [6.45, 7) is 0. The van der Waals surface area contributed by atoms with Crippen molar-refractivity contribution in [2.75, 3.05) is 5.32 Å². The summed E-state index contributed by atoms with van der Waals surface area (Å²) in [5.74, 6) is 0.777. The number of nitrogens with one attached hydrogen (secondary N) is 1. The molecule has 2 aromatic rings. The Bertz CT molecular complexity index is 651.